The van der Waals surface area contributed by atoms with Gasteiger partial charge in [0.2, 0.25) is 0 Å². The smallest absolute Gasteiger partial charge is 0.309 e. The number of hydrogen-bond donors (Lipinski definition) is 1. The second kappa shape index (κ2) is 7.55. The molecule has 0 bridgehead atoms. The fourth-order valence-electron chi connectivity index (χ4n) is 4.18. The zero-order valence-electron chi connectivity index (χ0n) is 16.3. The molecule has 0 radical (unpaired) electrons. The zero-order valence-corrected chi connectivity index (χ0v) is 17.2. The molecule has 0 spiro atoms. The molecule has 2 atom stereocenters. The van der Waals surface area contributed by atoms with Gasteiger partial charge in [0.05, 0.1) is 17.1 Å². The molecule has 2 aromatic rings. The van der Waals surface area contributed by atoms with E-state index in [1.807, 2.05) is 0 Å². The molecule has 1 N–H and O–H groups in total. The van der Waals surface area contributed by atoms with Crippen molar-refractivity contribution >= 4 is 27.3 Å². The predicted octanol–water partition coefficient (Wildman–Crippen LogP) is 2.85. The second-order valence-corrected chi connectivity index (χ2v) is 9.36. The second-order valence-electron chi connectivity index (χ2n) is 7.66. The van der Waals surface area contributed by atoms with E-state index in [1.165, 1.54) is 4.31 Å². The van der Waals surface area contributed by atoms with Crippen molar-refractivity contribution in [3.63, 3.8) is 0 Å². The number of piperazine rings is 1. The Kier molecular flexibility index (Phi) is 5.22. The Balaban J connectivity index is 1.65. The van der Waals surface area contributed by atoms with E-state index in [9.17, 15) is 17.2 Å². The molecule has 2 aliphatic heterocycles. The van der Waals surface area contributed by atoms with Crippen LogP contribution in [0.4, 0.5) is 25.8 Å². The first-order chi connectivity index (χ1) is 13.8. The molecule has 4 rings (SSSR count). The molecule has 2 aliphatic rings. The van der Waals surface area contributed by atoms with Crippen LogP contribution in [-0.2, 0) is 10.2 Å². The first-order valence-electron chi connectivity index (χ1n) is 9.63. The van der Waals surface area contributed by atoms with Gasteiger partial charge < -0.3 is 5.32 Å². The van der Waals surface area contributed by atoms with Crippen LogP contribution in [0.5, 0.6) is 0 Å². The van der Waals surface area contributed by atoms with Crippen molar-refractivity contribution in [2.45, 2.75) is 25.9 Å². The topological polar surface area (TPSA) is 55.9 Å². The molecule has 2 heterocycles. The van der Waals surface area contributed by atoms with Crippen LogP contribution in [-0.4, -0.2) is 51.6 Å². The van der Waals surface area contributed by atoms with Crippen molar-refractivity contribution < 1.29 is 17.2 Å². The molecule has 0 aliphatic carbocycles. The summed E-state index contributed by atoms with van der Waals surface area (Å²) in [4.78, 5) is 2.23. The van der Waals surface area contributed by atoms with Crippen molar-refractivity contribution in [1.29, 1.82) is 0 Å². The number of nitrogens with zero attached hydrogens (tertiary/aromatic N) is 3. The summed E-state index contributed by atoms with van der Waals surface area (Å²) in [5.74, 6) is -1.68. The molecule has 0 aromatic heterocycles. The monoisotopic (exact) mass is 422 g/mol. The largest absolute Gasteiger partial charge is 0.331 e. The Hall–Kier alpha value is -2.23. The van der Waals surface area contributed by atoms with Crippen LogP contribution in [0.3, 0.4) is 0 Å². The Morgan fingerprint density at radius 3 is 2.28 bits per heavy atom. The van der Waals surface area contributed by atoms with Gasteiger partial charge in [0, 0.05) is 44.3 Å². The first kappa shape index (κ1) is 20.1. The summed E-state index contributed by atoms with van der Waals surface area (Å²) in [5, 5.41) is 3.45. The minimum Gasteiger partial charge on any atom is -0.309 e. The van der Waals surface area contributed by atoms with Crippen molar-refractivity contribution in [1.82, 2.24) is 10.2 Å². The predicted molar refractivity (Wildman–Crippen MR) is 110 cm³/mol. The molecular weight excluding hydrogens is 398 g/mol. The van der Waals surface area contributed by atoms with E-state index in [2.05, 4.69) is 24.1 Å². The van der Waals surface area contributed by atoms with Gasteiger partial charge in [-0.1, -0.05) is 12.1 Å². The number of rotatable bonds is 4. The van der Waals surface area contributed by atoms with Crippen LogP contribution < -0.4 is 13.9 Å². The fraction of sp³-hybridized carbons (Fsp3) is 0.400. The number of fused-ring (bicyclic) bond motifs is 1. The molecule has 156 valence electrons. The molecule has 0 saturated carbocycles. The Labute approximate surface area is 169 Å². The van der Waals surface area contributed by atoms with E-state index in [0.29, 0.717) is 36.1 Å². The van der Waals surface area contributed by atoms with Crippen LogP contribution in [0.1, 0.15) is 13.8 Å². The summed E-state index contributed by atoms with van der Waals surface area (Å²) in [6, 6.07) is 10.3. The normalized spacial score (nSPS) is 24.0. The highest BCUT2D eigenvalue weighted by Crippen LogP contribution is 2.45. The molecule has 9 heteroatoms. The third kappa shape index (κ3) is 3.70. The summed E-state index contributed by atoms with van der Waals surface area (Å²) in [5.41, 5.74) is 0.665. The summed E-state index contributed by atoms with van der Waals surface area (Å²) in [6.07, 6.45) is 0. The summed E-state index contributed by atoms with van der Waals surface area (Å²) in [6.45, 7) is 6.67. The van der Waals surface area contributed by atoms with Crippen molar-refractivity contribution in [3.8, 4) is 0 Å². The average Bonchev–Trinajstić information content (AvgIpc) is 2.86. The van der Waals surface area contributed by atoms with Gasteiger partial charge >= 0.3 is 10.2 Å². The maximum Gasteiger partial charge on any atom is 0.331 e. The molecule has 6 nitrogen and oxygen atoms in total. The highest BCUT2D eigenvalue weighted by molar-refractivity contribution is 7.95. The third-order valence-corrected chi connectivity index (χ3v) is 7.05. The molecular formula is C20H24F2N4O2S. The van der Waals surface area contributed by atoms with Gasteiger partial charge in [0.25, 0.3) is 0 Å². The Bertz CT molecular complexity index is 1010. The lowest BCUT2D eigenvalue weighted by Crippen LogP contribution is -2.55. The highest BCUT2D eigenvalue weighted by Gasteiger charge is 2.42. The summed E-state index contributed by atoms with van der Waals surface area (Å²) >= 11 is 0. The number of para-hydroxylation sites is 2. The van der Waals surface area contributed by atoms with Gasteiger partial charge in [-0.2, -0.15) is 8.42 Å². The number of benzene rings is 2. The first-order valence-corrected chi connectivity index (χ1v) is 11.0. The Morgan fingerprint density at radius 2 is 1.62 bits per heavy atom. The van der Waals surface area contributed by atoms with Crippen LogP contribution in [0.15, 0.2) is 42.5 Å². The molecule has 2 unspecified atom stereocenters. The van der Waals surface area contributed by atoms with Crippen molar-refractivity contribution in [3.05, 3.63) is 54.1 Å². The molecule has 0 amide bonds. The van der Waals surface area contributed by atoms with E-state index >= 15 is 0 Å². The van der Waals surface area contributed by atoms with Gasteiger partial charge in [0.15, 0.2) is 5.82 Å². The van der Waals surface area contributed by atoms with E-state index in [4.69, 9.17) is 0 Å². The van der Waals surface area contributed by atoms with Crippen molar-refractivity contribution in [2.24, 2.45) is 0 Å². The van der Waals surface area contributed by atoms with E-state index in [0.717, 1.165) is 29.5 Å². The number of halogens is 2. The lowest BCUT2D eigenvalue weighted by molar-refractivity contribution is 0.178. The van der Waals surface area contributed by atoms with Crippen molar-refractivity contribution in [2.75, 3.05) is 34.8 Å². The van der Waals surface area contributed by atoms with Gasteiger partial charge in [-0.3, -0.25) is 4.90 Å². The molecule has 1 saturated heterocycles. The number of anilines is 3. The van der Waals surface area contributed by atoms with Gasteiger partial charge in [-0.25, -0.2) is 17.4 Å². The highest BCUT2D eigenvalue weighted by atomic mass is 32.2. The SMILES string of the molecule is CC1CN(CCN2c3ccccc3N(c3ccc(F)cc3F)S2(=O)=O)CC(C)N1. The van der Waals surface area contributed by atoms with Crippen LogP contribution in [0.25, 0.3) is 0 Å². The van der Waals surface area contributed by atoms with E-state index in [1.54, 1.807) is 24.3 Å². The third-order valence-electron chi connectivity index (χ3n) is 5.26. The summed E-state index contributed by atoms with van der Waals surface area (Å²) in [7, 11) is -4.04. The lowest BCUT2D eigenvalue weighted by atomic mass is 10.1. The minimum absolute atomic E-state index is 0.189. The van der Waals surface area contributed by atoms with Crippen LogP contribution in [0.2, 0.25) is 0 Å². The standard InChI is InChI=1S/C20H24F2N4O2S/c1-14-12-24(13-15(2)23-14)9-10-25-19-5-3-4-6-20(19)26(29(25,27)28)18-8-7-16(21)11-17(18)22/h3-8,11,14-15,23H,9-10,12-13H2,1-2H3. The number of hydrogen-bond acceptors (Lipinski definition) is 4. The zero-order chi connectivity index (χ0) is 20.8. The van der Waals surface area contributed by atoms with Crippen LogP contribution >= 0.6 is 0 Å². The minimum atomic E-state index is -4.04. The quantitative estimate of drug-likeness (QED) is 0.823. The Morgan fingerprint density at radius 1 is 0.966 bits per heavy atom. The van der Waals surface area contributed by atoms with Gasteiger partial charge in [-0.05, 0) is 38.1 Å². The number of nitrogens with one attached hydrogen (secondary N) is 1. The maximum absolute atomic E-state index is 14.4. The van der Waals surface area contributed by atoms with E-state index < -0.39 is 21.8 Å². The molecule has 1 fully saturated rings. The van der Waals surface area contributed by atoms with Crippen LogP contribution in [0, 0.1) is 11.6 Å². The maximum atomic E-state index is 14.4. The molecule has 29 heavy (non-hydrogen) atoms. The molecule has 2 aromatic carbocycles. The summed E-state index contributed by atoms with van der Waals surface area (Å²) < 4.78 is 56.8. The van der Waals surface area contributed by atoms with Gasteiger partial charge in [0.1, 0.15) is 5.82 Å². The fourth-order valence-corrected chi connectivity index (χ4v) is 5.90. The average molecular weight is 423 g/mol. The van der Waals surface area contributed by atoms with Gasteiger partial charge in [-0.15, -0.1) is 0 Å². The lowest BCUT2D eigenvalue weighted by Gasteiger charge is -2.36. The van der Waals surface area contributed by atoms with E-state index in [-0.39, 0.29) is 12.2 Å².